The summed E-state index contributed by atoms with van der Waals surface area (Å²) in [7, 11) is 0. The minimum Gasteiger partial charge on any atom is -0.313 e. The van der Waals surface area contributed by atoms with E-state index in [4.69, 9.17) is 0 Å². The SMILES string of the molecule is CC(C)NCC(C)N1CCC1. The zero-order valence-electron chi connectivity index (χ0n) is 7.93. The maximum atomic E-state index is 3.45. The summed E-state index contributed by atoms with van der Waals surface area (Å²) >= 11 is 0. The molecule has 0 bridgehead atoms. The molecule has 1 saturated heterocycles. The van der Waals surface area contributed by atoms with Crippen LogP contribution in [0.1, 0.15) is 27.2 Å². The van der Waals surface area contributed by atoms with Crippen LogP contribution in [-0.4, -0.2) is 36.6 Å². The van der Waals surface area contributed by atoms with E-state index in [1.807, 2.05) is 0 Å². The zero-order chi connectivity index (χ0) is 8.27. The molecule has 0 spiro atoms. The van der Waals surface area contributed by atoms with Gasteiger partial charge in [-0.1, -0.05) is 13.8 Å². The van der Waals surface area contributed by atoms with Crippen LogP contribution < -0.4 is 5.32 Å². The summed E-state index contributed by atoms with van der Waals surface area (Å²) in [5.74, 6) is 0. The van der Waals surface area contributed by atoms with Crippen molar-refractivity contribution in [2.75, 3.05) is 19.6 Å². The van der Waals surface area contributed by atoms with Crippen LogP contribution in [0, 0.1) is 0 Å². The van der Waals surface area contributed by atoms with Crippen LogP contribution >= 0.6 is 0 Å². The highest BCUT2D eigenvalue weighted by molar-refractivity contribution is 4.77. The minimum atomic E-state index is 0.624. The van der Waals surface area contributed by atoms with Gasteiger partial charge in [0.05, 0.1) is 0 Å². The Morgan fingerprint density at radius 1 is 1.27 bits per heavy atom. The predicted octanol–water partition coefficient (Wildman–Crippen LogP) is 1.08. The van der Waals surface area contributed by atoms with E-state index in [2.05, 4.69) is 31.0 Å². The number of nitrogens with one attached hydrogen (secondary N) is 1. The van der Waals surface area contributed by atoms with E-state index in [-0.39, 0.29) is 0 Å². The Balaban J connectivity index is 2.05. The first kappa shape index (κ1) is 9.01. The Bertz CT molecular complexity index is 108. The zero-order valence-corrected chi connectivity index (χ0v) is 7.93. The van der Waals surface area contributed by atoms with Crippen molar-refractivity contribution in [3.63, 3.8) is 0 Å². The molecule has 1 N–H and O–H groups in total. The van der Waals surface area contributed by atoms with Gasteiger partial charge < -0.3 is 5.32 Å². The fourth-order valence-corrected chi connectivity index (χ4v) is 1.32. The van der Waals surface area contributed by atoms with Crippen molar-refractivity contribution in [3.05, 3.63) is 0 Å². The van der Waals surface area contributed by atoms with Crippen molar-refractivity contribution in [2.45, 2.75) is 39.3 Å². The second-order valence-electron chi connectivity index (χ2n) is 3.80. The van der Waals surface area contributed by atoms with Crippen LogP contribution in [0.3, 0.4) is 0 Å². The van der Waals surface area contributed by atoms with Crippen molar-refractivity contribution < 1.29 is 0 Å². The van der Waals surface area contributed by atoms with Crippen molar-refractivity contribution >= 4 is 0 Å². The lowest BCUT2D eigenvalue weighted by molar-refractivity contribution is 0.125. The van der Waals surface area contributed by atoms with Gasteiger partial charge in [0.2, 0.25) is 0 Å². The second-order valence-corrected chi connectivity index (χ2v) is 3.80. The summed E-state index contributed by atoms with van der Waals surface area (Å²) in [6.07, 6.45) is 1.39. The standard InChI is InChI=1S/C9H20N2/c1-8(2)10-7-9(3)11-5-4-6-11/h8-10H,4-7H2,1-3H3. The number of likely N-dealkylation sites (tertiary alicyclic amines) is 1. The first-order valence-electron chi connectivity index (χ1n) is 4.67. The van der Waals surface area contributed by atoms with Gasteiger partial charge in [-0.3, -0.25) is 4.90 Å². The molecule has 1 aliphatic heterocycles. The largest absolute Gasteiger partial charge is 0.313 e. The number of hydrogen-bond donors (Lipinski definition) is 1. The summed E-state index contributed by atoms with van der Waals surface area (Å²) in [5.41, 5.74) is 0. The third-order valence-corrected chi connectivity index (χ3v) is 2.34. The van der Waals surface area contributed by atoms with Crippen molar-refractivity contribution in [1.29, 1.82) is 0 Å². The van der Waals surface area contributed by atoms with Crippen LogP contribution in [0.25, 0.3) is 0 Å². The average molecular weight is 156 g/mol. The number of rotatable bonds is 4. The molecule has 0 amide bonds. The van der Waals surface area contributed by atoms with E-state index in [0.29, 0.717) is 6.04 Å². The number of hydrogen-bond acceptors (Lipinski definition) is 2. The molecule has 0 saturated carbocycles. The molecule has 1 fully saturated rings. The first-order valence-corrected chi connectivity index (χ1v) is 4.67. The lowest BCUT2D eigenvalue weighted by Crippen LogP contribution is -2.48. The molecule has 0 aromatic heterocycles. The third kappa shape index (κ3) is 2.80. The fraction of sp³-hybridized carbons (Fsp3) is 1.00. The molecule has 2 heteroatoms. The van der Waals surface area contributed by atoms with Gasteiger partial charge in [-0.25, -0.2) is 0 Å². The van der Waals surface area contributed by atoms with Gasteiger partial charge in [0.1, 0.15) is 0 Å². The van der Waals surface area contributed by atoms with Crippen LogP contribution in [0.15, 0.2) is 0 Å². The van der Waals surface area contributed by atoms with Gasteiger partial charge in [-0.15, -0.1) is 0 Å². The normalized spacial score (nSPS) is 21.8. The summed E-state index contributed by atoms with van der Waals surface area (Å²) in [4.78, 5) is 2.52. The van der Waals surface area contributed by atoms with E-state index in [1.165, 1.54) is 19.5 Å². The Morgan fingerprint density at radius 2 is 1.91 bits per heavy atom. The molecule has 11 heavy (non-hydrogen) atoms. The first-order chi connectivity index (χ1) is 5.20. The highest BCUT2D eigenvalue weighted by Gasteiger charge is 2.19. The molecule has 0 aromatic carbocycles. The van der Waals surface area contributed by atoms with E-state index in [9.17, 15) is 0 Å². The molecule has 66 valence electrons. The van der Waals surface area contributed by atoms with E-state index in [0.717, 1.165) is 12.6 Å². The van der Waals surface area contributed by atoms with Gasteiger partial charge in [-0.05, 0) is 26.4 Å². The monoisotopic (exact) mass is 156 g/mol. The Morgan fingerprint density at radius 3 is 2.27 bits per heavy atom. The molecule has 1 heterocycles. The van der Waals surface area contributed by atoms with E-state index < -0.39 is 0 Å². The lowest BCUT2D eigenvalue weighted by atomic mass is 10.1. The summed E-state index contributed by atoms with van der Waals surface area (Å²) < 4.78 is 0. The summed E-state index contributed by atoms with van der Waals surface area (Å²) in [6, 6.07) is 1.35. The summed E-state index contributed by atoms with van der Waals surface area (Å²) in [6.45, 7) is 10.4. The molecule has 1 aliphatic rings. The molecular formula is C9H20N2. The Labute approximate surface area is 70.0 Å². The van der Waals surface area contributed by atoms with E-state index >= 15 is 0 Å². The predicted molar refractivity (Wildman–Crippen MR) is 48.8 cm³/mol. The molecule has 1 rings (SSSR count). The van der Waals surface area contributed by atoms with Crippen LogP contribution in [-0.2, 0) is 0 Å². The summed E-state index contributed by atoms with van der Waals surface area (Å²) in [5, 5.41) is 3.45. The van der Waals surface area contributed by atoms with E-state index in [1.54, 1.807) is 0 Å². The van der Waals surface area contributed by atoms with Gasteiger partial charge >= 0.3 is 0 Å². The second kappa shape index (κ2) is 4.07. The topological polar surface area (TPSA) is 15.3 Å². The molecule has 1 atom stereocenters. The molecular weight excluding hydrogens is 136 g/mol. The van der Waals surface area contributed by atoms with Gasteiger partial charge in [-0.2, -0.15) is 0 Å². The van der Waals surface area contributed by atoms with Crippen molar-refractivity contribution in [3.8, 4) is 0 Å². The van der Waals surface area contributed by atoms with Crippen molar-refractivity contribution in [2.24, 2.45) is 0 Å². The van der Waals surface area contributed by atoms with Crippen LogP contribution in [0.2, 0.25) is 0 Å². The molecule has 2 nitrogen and oxygen atoms in total. The highest BCUT2D eigenvalue weighted by Crippen LogP contribution is 2.09. The minimum absolute atomic E-state index is 0.624. The quantitative estimate of drug-likeness (QED) is 0.655. The molecule has 0 radical (unpaired) electrons. The number of nitrogens with zero attached hydrogens (tertiary/aromatic N) is 1. The highest BCUT2D eigenvalue weighted by atomic mass is 15.2. The lowest BCUT2D eigenvalue weighted by Gasteiger charge is -2.36. The Hall–Kier alpha value is -0.0800. The molecule has 0 aromatic rings. The van der Waals surface area contributed by atoms with Gasteiger partial charge in [0, 0.05) is 18.6 Å². The van der Waals surface area contributed by atoms with Gasteiger partial charge in [0.25, 0.3) is 0 Å². The Kier molecular flexibility index (Phi) is 3.34. The smallest absolute Gasteiger partial charge is 0.0192 e. The maximum Gasteiger partial charge on any atom is 0.0192 e. The average Bonchev–Trinajstić information content (AvgIpc) is 1.79. The molecule has 0 aliphatic carbocycles. The third-order valence-electron chi connectivity index (χ3n) is 2.34. The molecule has 1 unspecified atom stereocenters. The maximum absolute atomic E-state index is 3.45. The van der Waals surface area contributed by atoms with Crippen LogP contribution in [0.4, 0.5) is 0 Å². The van der Waals surface area contributed by atoms with Gasteiger partial charge in [0.15, 0.2) is 0 Å². The van der Waals surface area contributed by atoms with Crippen LogP contribution in [0.5, 0.6) is 0 Å². The van der Waals surface area contributed by atoms with Crippen molar-refractivity contribution in [1.82, 2.24) is 10.2 Å². The fourth-order valence-electron chi connectivity index (χ4n) is 1.32.